The van der Waals surface area contributed by atoms with Crippen LogP contribution in [0.3, 0.4) is 0 Å². The van der Waals surface area contributed by atoms with Crippen LogP contribution in [0.25, 0.3) is 11.0 Å². The first-order chi connectivity index (χ1) is 8.36. The molecular weight excluding hydrogens is 208 g/mol. The topological polar surface area (TPSA) is 17.8 Å². The lowest BCUT2D eigenvalue weighted by atomic mass is 10.2. The molecule has 0 saturated heterocycles. The summed E-state index contributed by atoms with van der Waals surface area (Å²) in [7, 11) is 0. The minimum absolute atomic E-state index is 1.11. The van der Waals surface area contributed by atoms with Crippen LogP contribution in [0, 0.1) is 0 Å². The van der Waals surface area contributed by atoms with Crippen LogP contribution in [-0.2, 0) is 13.0 Å². The number of aromatic nitrogens is 2. The SMILES string of the molecule is CCCCc1nc2ccccc2n1CCCC. The van der Waals surface area contributed by atoms with Gasteiger partial charge in [-0.25, -0.2) is 4.98 Å². The zero-order chi connectivity index (χ0) is 12.1. The van der Waals surface area contributed by atoms with E-state index >= 15 is 0 Å². The van der Waals surface area contributed by atoms with Gasteiger partial charge in [0.2, 0.25) is 0 Å². The van der Waals surface area contributed by atoms with E-state index in [1.165, 1.54) is 37.0 Å². The molecule has 0 radical (unpaired) electrons. The van der Waals surface area contributed by atoms with Crippen molar-refractivity contribution in [3.05, 3.63) is 30.1 Å². The number of nitrogens with zero attached hydrogens (tertiary/aromatic N) is 2. The van der Waals surface area contributed by atoms with Gasteiger partial charge >= 0.3 is 0 Å². The van der Waals surface area contributed by atoms with Gasteiger partial charge < -0.3 is 4.57 Å². The quantitative estimate of drug-likeness (QED) is 0.728. The van der Waals surface area contributed by atoms with Gasteiger partial charge in [0.05, 0.1) is 11.0 Å². The molecule has 0 bridgehead atoms. The molecule has 0 N–H and O–H groups in total. The van der Waals surface area contributed by atoms with E-state index in [9.17, 15) is 0 Å². The number of hydrogen-bond acceptors (Lipinski definition) is 1. The van der Waals surface area contributed by atoms with E-state index in [-0.39, 0.29) is 0 Å². The van der Waals surface area contributed by atoms with Gasteiger partial charge in [0.1, 0.15) is 5.82 Å². The van der Waals surface area contributed by atoms with Crippen molar-refractivity contribution in [2.45, 2.75) is 52.5 Å². The van der Waals surface area contributed by atoms with Crippen molar-refractivity contribution in [3.63, 3.8) is 0 Å². The molecule has 2 heteroatoms. The molecule has 0 aliphatic rings. The fourth-order valence-corrected chi connectivity index (χ4v) is 2.22. The van der Waals surface area contributed by atoms with Crippen LogP contribution in [0.1, 0.15) is 45.4 Å². The molecule has 0 amide bonds. The van der Waals surface area contributed by atoms with Gasteiger partial charge in [-0.1, -0.05) is 38.8 Å². The van der Waals surface area contributed by atoms with Crippen molar-refractivity contribution >= 4 is 11.0 Å². The number of benzene rings is 1. The molecule has 2 aromatic rings. The summed E-state index contributed by atoms with van der Waals surface area (Å²) < 4.78 is 2.41. The highest BCUT2D eigenvalue weighted by Gasteiger charge is 2.08. The molecule has 2 nitrogen and oxygen atoms in total. The number of imidazole rings is 1. The zero-order valence-corrected chi connectivity index (χ0v) is 10.9. The molecule has 0 spiro atoms. The maximum Gasteiger partial charge on any atom is 0.109 e. The van der Waals surface area contributed by atoms with Crippen LogP contribution in [-0.4, -0.2) is 9.55 Å². The van der Waals surface area contributed by atoms with E-state index in [4.69, 9.17) is 4.98 Å². The predicted octanol–water partition coefficient (Wildman–Crippen LogP) is 4.18. The first-order valence-electron chi connectivity index (χ1n) is 6.81. The number of para-hydroxylation sites is 2. The molecule has 0 fully saturated rings. The summed E-state index contributed by atoms with van der Waals surface area (Å²) >= 11 is 0. The molecule has 1 aromatic carbocycles. The minimum Gasteiger partial charge on any atom is -0.328 e. The van der Waals surface area contributed by atoms with Crippen molar-refractivity contribution < 1.29 is 0 Å². The second kappa shape index (κ2) is 5.85. The Morgan fingerprint density at radius 1 is 1.06 bits per heavy atom. The van der Waals surface area contributed by atoms with Gasteiger partial charge in [0.15, 0.2) is 0 Å². The van der Waals surface area contributed by atoms with E-state index in [2.05, 4.69) is 42.7 Å². The fraction of sp³-hybridized carbons (Fsp3) is 0.533. The van der Waals surface area contributed by atoms with Gasteiger partial charge in [-0.2, -0.15) is 0 Å². The number of unbranched alkanes of at least 4 members (excludes halogenated alkanes) is 2. The van der Waals surface area contributed by atoms with Gasteiger partial charge in [0, 0.05) is 13.0 Å². The highest BCUT2D eigenvalue weighted by molar-refractivity contribution is 5.75. The van der Waals surface area contributed by atoms with Gasteiger partial charge in [-0.3, -0.25) is 0 Å². The summed E-state index contributed by atoms with van der Waals surface area (Å²) in [5.74, 6) is 1.27. The molecule has 0 aliphatic carbocycles. The Kier molecular flexibility index (Phi) is 4.18. The molecule has 0 atom stereocenters. The summed E-state index contributed by atoms with van der Waals surface area (Å²) in [5, 5.41) is 0. The van der Waals surface area contributed by atoms with Gasteiger partial charge in [-0.05, 0) is 25.0 Å². The second-order valence-electron chi connectivity index (χ2n) is 4.63. The van der Waals surface area contributed by atoms with Crippen molar-refractivity contribution in [1.29, 1.82) is 0 Å². The number of hydrogen-bond donors (Lipinski definition) is 0. The average molecular weight is 230 g/mol. The maximum absolute atomic E-state index is 4.77. The Hall–Kier alpha value is -1.31. The van der Waals surface area contributed by atoms with Crippen LogP contribution >= 0.6 is 0 Å². The van der Waals surface area contributed by atoms with Crippen molar-refractivity contribution in [1.82, 2.24) is 9.55 Å². The van der Waals surface area contributed by atoms with Gasteiger partial charge in [0.25, 0.3) is 0 Å². The Balaban J connectivity index is 2.34. The lowest BCUT2D eigenvalue weighted by molar-refractivity contribution is 0.604. The zero-order valence-electron chi connectivity index (χ0n) is 10.9. The molecule has 1 heterocycles. The summed E-state index contributed by atoms with van der Waals surface area (Å²) in [5.41, 5.74) is 2.45. The molecule has 92 valence electrons. The molecule has 1 aromatic heterocycles. The van der Waals surface area contributed by atoms with Gasteiger partial charge in [-0.15, -0.1) is 0 Å². The van der Waals surface area contributed by atoms with Crippen LogP contribution in [0.4, 0.5) is 0 Å². The Bertz CT molecular complexity index is 471. The Morgan fingerprint density at radius 3 is 2.59 bits per heavy atom. The summed E-state index contributed by atoms with van der Waals surface area (Å²) in [6.07, 6.45) is 6.04. The molecule has 0 unspecified atom stereocenters. The second-order valence-corrected chi connectivity index (χ2v) is 4.63. The van der Waals surface area contributed by atoms with E-state index in [0.717, 1.165) is 18.5 Å². The third-order valence-electron chi connectivity index (χ3n) is 3.22. The number of rotatable bonds is 6. The highest BCUT2D eigenvalue weighted by atomic mass is 15.1. The monoisotopic (exact) mass is 230 g/mol. The number of aryl methyl sites for hydroxylation is 2. The van der Waals surface area contributed by atoms with Crippen LogP contribution < -0.4 is 0 Å². The summed E-state index contributed by atoms with van der Waals surface area (Å²) in [4.78, 5) is 4.77. The highest BCUT2D eigenvalue weighted by Crippen LogP contribution is 2.18. The summed E-state index contributed by atoms with van der Waals surface area (Å²) in [6.45, 7) is 5.58. The first-order valence-corrected chi connectivity index (χ1v) is 6.81. The molecule has 0 aliphatic heterocycles. The third-order valence-corrected chi connectivity index (χ3v) is 3.22. The molecule has 17 heavy (non-hydrogen) atoms. The van der Waals surface area contributed by atoms with Crippen molar-refractivity contribution in [3.8, 4) is 0 Å². The normalized spacial score (nSPS) is 11.2. The van der Waals surface area contributed by atoms with E-state index < -0.39 is 0 Å². The number of fused-ring (bicyclic) bond motifs is 1. The largest absolute Gasteiger partial charge is 0.328 e. The van der Waals surface area contributed by atoms with Crippen molar-refractivity contribution in [2.24, 2.45) is 0 Å². The smallest absolute Gasteiger partial charge is 0.109 e. The summed E-state index contributed by atoms with van der Waals surface area (Å²) in [6, 6.07) is 8.49. The third kappa shape index (κ3) is 2.68. The van der Waals surface area contributed by atoms with E-state index in [0.29, 0.717) is 0 Å². The van der Waals surface area contributed by atoms with E-state index in [1.807, 2.05) is 0 Å². The van der Waals surface area contributed by atoms with Crippen molar-refractivity contribution in [2.75, 3.05) is 0 Å². The minimum atomic E-state index is 1.11. The molecular formula is C15H22N2. The standard InChI is InChI=1S/C15H22N2/c1-3-5-11-15-16-13-9-7-8-10-14(13)17(15)12-6-4-2/h7-10H,3-6,11-12H2,1-2H3. The van der Waals surface area contributed by atoms with Crippen LogP contribution in [0.15, 0.2) is 24.3 Å². The first kappa shape index (κ1) is 12.2. The van der Waals surface area contributed by atoms with Crippen LogP contribution in [0.5, 0.6) is 0 Å². The maximum atomic E-state index is 4.77. The Morgan fingerprint density at radius 2 is 1.82 bits per heavy atom. The Labute approximate surface area is 104 Å². The van der Waals surface area contributed by atoms with E-state index in [1.54, 1.807) is 0 Å². The predicted molar refractivity (Wildman–Crippen MR) is 73.3 cm³/mol. The van der Waals surface area contributed by atoms with Crippen LogP contribution in [0.2, 0.25) is 0 Å². The lowest BCUT2D eigenvalue weighted by Gasteiger charge is -2.07. The molecule has 0 saturated carbocycles. The lowest BCUT2D eigenvalue weighted by Crippen LogP contribution is -2.04. The molecule has 2 rings (SSSR count). The fourth-order valence-electron chi connectivity index (χ4n) is 2.22. The average Bonchev–Trinajstić information content (AvgIpc) is 2.71.